The molecule has 2 aromatic rings. The number of benzene rings is 1. The predicted octanol–water partition coefficient (Wildman–Crippen LogP) is 4.35. The molecular formula is C18H23N3O2. The SMILES string of the molecule is Cc1ccc(CNc2ccc(NC(=O)OC(C)(C)C)cn2)cc1. The van der Waals surface area contributed by atoms with E-state index in [2.05, 4.69) is 46.8 Å². The van der Waals surface area contributed by atoms with Crippen molar-refractivity contribution in [2.75, 3.05) is 10.6 Å². The van der Waals surface area contributed by atoms with Crippen LogP contribution in [0.2, 0.25) is 0 Å². The minimum Gasteiger partial charge on any atom is -0.444 e. The van der Waals surface area contributed by atoms with E-state index in [1.165, 1.54) is 11.1 Å². The number of hydrogen-bond acceptors (Lipinski definition) is 4. The average Bonchev–Trinajstić information content (AvgIpc) is 2.46. The van der Waals surface area contributed by atoms with Crippen molar-refractivity contribution in [2.24, 2.45) is 0 Å². The molecule has 1 aromatic heterocycles. The van der Waals surface area contributed by atoms with Crippen LogP contribution < -0.4 is 10.6 Å². The van der Waals surface area contributed by atoms with E-state index in [9.17, 15) is 4.79 Å². The highest BCUT2D eigenvalue weighted by molar-refractivity contribution is 5.84. The van der Waals surface area contributed by atoms with Crippen LogP contribution >= 0.6 is 0 Å². The van der Waals surface area contributed by atoms with Crippen molar-refractivity contribution in [3.8, 4) is 0 Å². The topological polar surface area (TPSA) is 63.2 Å². The summed E-state index contributed by atoms with van der Waals surface area (Å²) in [5.74, 6) is 0.750. The lowest BCUT2D eigenvalue weighted by Gasteiger charge is -2.19. The first-order chi connectivity index (χ1) is 10.8. The van der Waals surface area contributed by atoms with Crippen LogP contribution in [0.15, 0.2) is 42.6 Å². The van der Waals surface area contributed by atoms with Crippen molar-refractivity contribution >= 4 is 17.6 Å². The predicted molar refractivity (Wildman–Crippen MR) is 92.6 cm³/mol. The molecule has 5 nitrogen and oxygen atoms in total. The molecule has 0 spiro atoms. The zero-order valence-electron chi connectivity index (χ0n) is 14.0. The first-order valence-electron chi connectivity index (χ1n) is 7.57. The van der Waals surface area contributed by atoms with Gasteiger partial charge in [0.15, 0.2) is 0 Å². The summed E-state index contributed by atoms with van der Waals surface area (Å²) >= 11 is 0. The van der Waals surface area contributed by atoms with E-state index in [1.54, 1.807) is 12.3 Å². The van der Waals surface area contributed by atoms with E-state index in [0.29, 0.717) is 12.2 Å². The van der Waals surface area contributed by atoms with Crippen LogP contribution in [0.4, 0.5) is 16.3 Å². The second kappa shape index (κ2) is 7.13. The summed E-state index contributed by atoms with van der Waals surface area (Å²) in [4.78, 5) is 16.0. The maximum Gasteiger partial charge on any atom is 0.412 e. The second-order valence-corrected chi connectivity index (χ2v) is 6.40. The summed E-state index contributed by atoms with van der Waals surface area (Å²) in [5, 5.41) is 5.90. The van der Waals surface area contributed by atoms with Crippen molar-refractivity contribution in [3.63, 3.8) is 0 Å². The van der Waals surface area contributed by atoms with Crippen molar-refractivity contribution in [2.45, 2.75) is 39.8 Å². The van der Waals surface area contributed by atoms with Gasteiger partial charge in [-0.2, -0.15) is 0 Å². The van der Waals surface area contributed by atoms with E-state index in [-0.39, 0.29) is 0 Å². The number of carbonyl (C=O) groups excluding carboxylic acids is 1. The third-order valence-electron chi connectivity index (χ3n) is 3.00. The molecule has 0 unspecified atom stereocenters. The molecule has 2 N–H and O–H groups in total. The van der Waals surface area contributed by atoms with Gasteiger partial charge in [0.1, 0.15) is 11.4 Å². The number of pyridine rings is 1. The number of aryl methyl sites for hydroxylation is 1. The molecule has 0 bridgehead atoms. The van der Waals surface area contributed by atoms with E-state index in [1.807, 2.05) is 26.8 Å². The van der Waals surface area contributed by atoms with E-state index in [0.717, 1.165) is 5.82 Å². The summed E-state index contributed by atoms with van der Waals surface area (Å²) in [7, 11) is 0. The fraction of sp³-hybridized carbons (Fsp3) is 0.333. The lowest BCUT2D eigenvalue weighted by molar-refractivity contribution is 0.0636. The summed E-state index contributed by atoms with van der Waals surface area (Å²) in [6.45, 7) is 8.23. The molecule has 0 aliphatic rings. The van der Waals surface area contributed by atoms with Crippen LogP contribution in [-0.4, -0.2) is 16.7 Å². The minimum atomic E-state index is -0.521. The number of nitrogens with one attached hydrogen (secondary N) is 2. The largest absolute Gasteiger partial charge is 0.444 e. The highest BCUT2D eigenvalue weighted by Gasteiger charge is 2.16. The second-order valence-electron chi connectivity index (χ2n) is 6.40. The molecule has 23 heavy (non-hydrogen) atoms. The van der Waals surface area contributed by atoms with Crippen molar-refractivity contribution in [3.05, 3.63) is 53.7 Å². The van der Waals surface area contributed by atoms with Crippen molar-refractivity contribution in [1.29, 1.82) is 0 Å². The van der Waals surface area contributed by atoms with Gasteiger partial charge in [-0.1, -0.05) is 29.8 Å². The third-order valence-corrected chi connectivity index (χ3v) is 3.00. The third kappa shape index (κ3) is 5.98. The Kier molecular flexibility index (Phi) is 5.21. The van der Waals surface area contributed by atoms with Crippen LogP contribution in [0.5, 0.6) is 0 Å². The summed E-state index contributed by atoms with van der Waals surface area (Å²) in [6, 6.07) is 11.9. The standard InChI is InChI=1S/C18H23N3O2/c1-13-5-7-14(8-6-13)11-19-16-10-9-15(12-20-16)21-17(22)23-18(2,3)4/h5-10,12H,11H2,1-4H3,(H,19,20)(H,21,22). The number of hydrogen-bond donors (Lipinski definition) is 2. The maximum atomic E-state index is 11.7. The number of rotatable bonds is 4. The number of nitrogens with zero attached hydrogens (tertiary/aromatic N) is 1. The van der Waals surface area contributed by atoms with Gasteiger partial charge in [0.25, 0.3) is 0 Å². The molecule has 1 heterocycles. The Morgan fingerprint density at radius 1 is 1.13 bits per heavy atom. The van der Waals surface area contributed by atoms with Crippen LogP contribution in [-0.2, 0) is 11.3 Å². The number of carbonyl (C=O) groups is 1. The number of anilines is 2. The zero-order chi connectivity index (χ0) is 16.9. The monoisotopic (exact) mass is 313 g/mol. The van der Waals surface area contributed by atoms with Gasteiger partial charge in [0.05, 0.1) is 11.9 Å². The Hall–Kier alpha value is -2.56. The molecule has 0 aliphatic carbocycles. The summed E-state index contributed by atoms with van der Waals surface area (Å²) in [6.07, 6.45) is 1.11. The highest BCUT2D eigenvalue weighted by atomic mass is 16.6. The molecule has 0 fully saturated rings. The fourth-order valence-corrected chi connectivity index (χ4v) is 1.89. The quantitative estimate of drug-likeness (QED) is 0.881. The lowest BCUT2D eigenvalue weighted by atomic mass is 10.1. The van der Waals surface area contributed by atoms with Gasteiger partial charge in [-0.15, -0.1) is 0 Å². The summed E-state index contributed by atoms with van der Waals surface area (Å²) in [5.41, 5.74) is 2.51. The number of aromatic nitrogens is 1. The lowest BCUT2D eigenvalue weighted by Crippen LogP contribution is -2.27. The summed E-state index contributed by atoms with van der Waals surface area (Å²) < 4.78 is 5.19. The Morgan fingerprint density at radius 3 is 2.39 bits per heavy atom. The van der Waals surface area contributed by atoms with Gasteiger partial charge in [-0.25, -0.2) is 9.78 Å². The van der Waals surface area contributed by atoms with E-state index < -0.39 is 11.7 Å². The Labute approximate surface area is 137 Å². The van der Waals surface area contributed by atoms with Crippen LogP contribution in [0.1, 0.15) is 31.9 Å². The zero-order valence-corrected chi connectivity index (χ0v) is 14.0. The van der Waals surface area contributed by atoms with Crippen LogP contribution in [0, 0.1) is 6.92 Å². The first-order valence-corrected chi connectivity index (χ1v) is 7.57. The first kappa shape index (κ1) is 16.8. The fourth-order valence-electron chi connectivity index (χ4n) is 1.89. The van der Waals surface area contributed by atoms with Gasteiger partial charge in [-0.3, -0.25) is 5.32 Å². The molecule has 0 radical (unpaired) electrons. The van der Waals surface area contributed by atoms with Crippen molar-refractivity contribution in [1.82, 2.24) is 4.98 Å². The normalized spacial score (nSPS) is 11.0. The molecule has 0 aliphatic heterocycles. The molecule has 0 saturated carbocycles. The van der Waals surface area contributed by atoms with Crippen LogP contribution in [0.3, 0.4) is 0 Å². The number of ether oxygens (including phenoxy) is 1. The van der Waals surface area contributed by atoms with Gasteiger partial charge < -0.3 is 10.1 Å². The highest BCUT2D eigenvalue weighted by Crippen LogP contribution is 2.13. The minimum absolute atomic E-state index is 0.486. The molecule has 0 saturated heterocycles. The average molecular weight is 313 g/mol. The molecule has 1 amide bonds. The van der Waals surface area contributed by atoms with E-state index in [4.69, 9.17) is 4.74 Å². The van der Waals surface area contributed by atoms with E-state index >= 15 is 0 Å². The Balaban J connectivity index is 1.87. The van der Waals surface area contributed by atoms with Gasteiger partial charge in [-0.05, 0) is 45.4 Å². The number of amides is 1. The molecule has 2 rings (SSSR count). The molecule has 122 valence electrons. The smallest absolute Gasteiger partial charge is 0.412 e. The van der Waals surface area contributed by atoms with Gasteiger partial charge in [0, 0.05) is 6.54 Å². The van der Waals surface area contributed by atoms with Gasteiger partial charge >= 0.3 is 6.09 Å². The Morgan fingerprint density at radius 2 is 1.83 bits per heavy atom. The Bertz CT molecular complexity index is 643. The maximum absolute atomic E-state index is 11.7. The van der Waals surface area contributed by atoms with Crippen LogP contribution in [0.25, 0.3) is 0 Å². The molecule has 0 atom stereocenters. The molecular weight excluding hydrogens is 290 g/mol. The van der Waals surface area contributed by atoms with Crippen molar-refractivity contribution < 1.29 is 9.53 Å². The van der Waals surface area contributed by atoms with Gasteiger partial charge in [0.2, 0.25) is 0 Å². The molecule has 5 heteroatoms. The molecule has 1 aromatic carbocycles.